The van der Waals surface area contributed by atoms with Crippen molar-refractivity contribution in [1.82, 2.24) is 4.90 Å². The number of hydrogen-bond acceptors (Lipinski definition) is 3. The zero-order valence-electron chi connectivity index (χ0n) is 11.7. The summed E-state index contributed by atoms with van der Waals surface area (Å²) in [6.07, 6.45) is 2.18. The average molecular weight is 366 g/mol. The van der Waals surface area contributed by atoms with Gasteiger partial charge in [-0.2, -0.15) is 0 Å². The largest absolute Gasteiger partial charge is 0.496 e. The Kier molecular flexibility index (Phi) is 4.31. The summed E-state index contributed by atoms with van der Waals surface area (Å²) in [7, 11) is 1.67. The van der Waals surface area contributed by atoms with Crippen LogP contribution in [-0.4, -0.2) is 24.0 Å². The van der Waals surface area contributed by atoms with E-state index in [9.17, 15) is 4.79 Å². The first-order chi connectivity index (χ1) is 10.2. The average Bonchev–Trinajstić information content (AvgIpc) is 3.25. The number of nitrogens with zero attached hydrogens (tertiary/aromatic N) is 1. The predicted molar refractivity (Wildman–Crippen MR) is 87.9 cm³/mol. The second-order valence-corrected chi connectivity index (χ2v) is 7.54. The number of amides is 1. The molecule has 0 aliphatic heterocycles. The van der Waals surface area contributed by atoms with Crippen LogP contribution in [0.15, 0.2) is 40.2 Å². The highest BCUT2D eigenvalue weighted by molar-refractivity contribution is 9.11. The molecule has 1 aromatic carbocycles. The lowest BCUT2D eigenvalue weighted by molar-refractivity contribution is 0.0733. The Morgan fingerprint density at radius 2 is 2.10 bits per heavy atom. The first-order valence-corrected chi connectivity index (χ1v) is 8.48. The molecule has 3 rings (SSSR count). The Morgan fingerprint density at radius 1 is 1.33 bits per heavy atom. The molecule has 0 atom stereocenters. The summed E-state index contributed by atoms with van der Waals surface area (Å²) in [5.41, 5.74) is 1.05. The van der Waals surface area contributed by atoms with E-state index < -0.39 is 0 Å². The Hall–Kier alpha value is -1.33. The molecular weight excluding hydrogens is 350 g/mol. The molecule has 1 amide bonds. The van der Waals surface area contributed by atoms with Gasteiger partial charge in [0.2, 0.25) is 0 Å². The van der Waals surface area contributed by atoms with Crippen molar-refractivity contribution >= 4 is 33.2 Å². The predicted octanol–water partition coefficient (Wildman–Crippen LogP) is 4.32. The number of ether oxygens (including phenoxy) is 1. The highest BCUT2D eigenvalue weighted by Crippen LogP contribution is 2.33. The monoisotopic (exact) mass is 365 g/mol. The number of benzene rings is 1. The smallest absolute Gasteiger partial charge is 0.264 e. The molecule has 0 spiro atoms. The Bertz CT molecular complexity index is 651. The van der Waals surface area contributed by atoms with Crippen LogP contribution >= 0.6 is 27.3 Å². The van der Waals surface area contributed by atoms with Crippen LogP contribution in [-0.2, 0) is 6.54 Å². The molecule has 0 saturated heterocycles. The third kappa shape index (κ3) is 3.30. The second kappa shape index (κ2) is 6.20. The highest BCUT2D eigenvalue weighted by atomic mass is 79.9. The molecule has 2 aromatic rings. The zero-order valence-corrected chi connectivity index (χ0v) is 14.1. The first kappa shape index (κ1) is 14.6. The van der Waals surface area contributed by atoms with Crippen LogP contribution in [0.1, 0.15) is 28.1 Å². The molecular formula is C16H16BrNO2S. The standard InChI is InChI=1S/C16H16BrNO2S/c1-20-13-5-3-2-4-11(13)10-18(12-6-7-12)16(19)14-8-9-15(17)21-14/h2-5,8-9,12H,6-7,10H2,1H3. The molecule has 1 aromatic heterocycles. The van der Waals surface area contributed by atoms with E-state index in [1.165, 1.54) is 11.3 Å². The zero-order chi connectivity index (χ0) is 14.8. The molecule has 0 unspecified atom stereocenters. The number of carbonyl (C=O) groups is 1. The molecule has 1 fully saturated rings. The number of carbonyl (C=O) groups excluding carboxylic acids is 1. The fourth-order valence-electron chi connectivity index (χ4n) is 2.34. The Morgan fingerprint density at radius 3 is 2.71 bits per heavy atom. The van der Waals surface area contributed by atoms with Gasteiger partial charge in [-0.05, 0) is 47.0 Å². The Labute approximate surface area is 136 Å². The highest BCUT2D eigenvalue weighted by Gasteiger charge is 2.34. The van der Waals surface area contributed by atoms with Crippen LogP contribution in [0, 0.1) is 0 Å². The molecule has 3 nitrogen and oxygen atoms in total. The molecule has 0 bridgehead atoms. The van der Waals surface area contributed by atoms with E-state index >= 15 is 0 Å². The van der Waals surface area contributed by atoms with Crippen LogP contribution in [0.4, 0.5) is 0 Å². The van der Waals surface area contributed by atoms with E-state index in [0.29, 0.717) is 12.6 Å². The van der Waals surface area contributed by atoms with Crippen molar-refractivity contribution in [3.8, 4) is 5.75 Å². The summed E-state index contributed by atoms with van der Waals surface area (Å²) in [5, 5.41) is 0. The summed E-state index contributed by atoms with van der Waals surface area (Å²) >= 11 is 4.90. The van der Waals surface area contributed by atoms with Gasteiger partial charge in [0.25, 0.3) is 5.91 Å². The number of para-hydroxylation sites is 1. The van der Waals surface area contributed by atoms with E-state index in [2.05, 4.69) is 15.9 Å². The van der Waals surface area contributed by atoms with Crippen molar-refractivity contribution < 1.29 is 9.53 Å². The molecule has 5 heteroatoms. The maximum Gasteiger partial charge on any atom is 0.264 e. The normalized spacial score (nSPS) is 14.0. The first-order valence-electron chi connectivity index (χ1n) is 6.87. The maximum absolute atomic E-state index is 12.7. The van der Waals surface area contributed by atoms with Gasteiger partial charge < -0.3 is 9.64 Å². The number of methoxy groups -OCH3 is 1. The quantitative estimate of drug-likeness (QED) is 0.789. The molecule has 1 aliphatic carbocycles. The summed E-state index contributed by atoms with van der Waals surface area (Å²) < 4.78 is 6.38. The molecule has 110 valence electrons. The van der Waals surface area contributed by atoms with E-state index in [1.54, 1.807) is 7.11 Å². The minimum Gasteiger partial charge on any atom is -0.496 e. The third-order valence-electron chi connectivity index (χ3n) is 3.57. The molecule has 1 aliphatic rings. The topological polar surface area (TPSA) is 29.5 Å². The third-order valence-corrected chi connectivity index (χ3v) is 5.18. The van der Waals surface area contributed by atoms with Crippen LogP contribution in [0.5, 0.6) is 5.75 Å². The molecule has 0 radical (unpaired) electrons. The summed E-state index contributed by atoms with van der Waals surface area (Å²) in [6.45, 7) is 0.600. The van der Waals surface area contributed by atoms with Crippen molar-refractivity contribution in [2.75, 3.05) is 7.11 Å². The van der Waals surface area contributed by atoms with Crippen LogP contribution < -0.4 is 4.74 Å². The molecule has 0 N–H and O–H groups in total. The van der Waals surface area contributed by atoms with E-state index in [-0.39, 0.29) is 5.91 Å². The fourth-order valence-corrected chi connectivity index (χ4v) is 3.68. The Balaban J connectivity index is 1.83. The maximum atomic E-state index is 12.7. The van der Waals surface area contributed by atoms with Crippen LogP contribution in [0.3, 0.4) is 0 Å². The second-order valence-electron chi connectivity index (χ2n) is 5.08. The van der Waals surface area contributed by atoms with E-state index in [1.807, 2.05) is 41.3 Å². The number of thiophene rings is 1. The van der Waals surface area contributed by atoms with E-state index in [4.69, 9.17) is 4.74 Å². The van der Waals surface area contributed by atoms with Gasteiger partial charge >= 0.3 is 0 Å². The number of halogens is 1. The molecule has 21 heavy (non-hydrogen) atoms. The van der Waals surface area contributed by atoms with Gasteiger partial charge in [-0.15, -0.1) is 11.3 Å². The summed E-state index contributed by atoms with van der Waals surface area (Å²) in [4.78, 5) is 15.5. The lowest BCUT2D eigenvalue weighted by atomic mass is 10.2. The van der Waals surface area contributed by atoms with Crippen LogP contribution in [0.25, 0.3) is 0 Å². The van der Waals surface area contributed by atoms with Crippen molar-refractivity contribution in [1.29, 1.82) is 0 Å². The van der Waals surface area contributed by atoms with Gasteiger partial charge in [-0.3, -0.25) is 4.79 Å². The molecule has 1 saturated carbocycles. The lowest BCUT2D eigenvalue weighted by Crippen LogP contribution is -2.32. The van der Waals surface area contributed by atoms with Gasteiger partial charge in [0.1, 0.15) is 5.75 Å². The summed E-state index contributed by atoms with van der Waals surface area (Å²) in [6, 6.07) is 12.1. The van der Waals surface area contributed by atoms with Crippen LogP contribution in [0.2, 0.25) is 0 Å². The molecule has 1 heterocycles. The minimum atomic E-state index is 0.110. The lowest BCUT2D eigenvalue weighted by Gasteiger charge is -2.23. The van der Waals surface area contributed by atoms with Crippen molar-refractivity contribution in [3.63, 3.8) is 0 Å². The van der Waals surface area contributed by atoms with Gasteiger partial charge in [-0.1, -0.05) is 18.2 Å². The van der Waals surface area contributed by atoms with Crippen molar-refractivity contribution in [2.24, 2.45) is 0 Å². The van der Waals surface area contributed by atoms with Gasteiger partial charge in [0.15, 0.2) is 0 Å². The van der Waals surface area contributed by atoms with Gasteiger partial charge in [0, 0.05) is 18.2 Å². The van der Waals surface area contributed by atoms with Gasteiger partial charge in [0.05, 0.1) is 15.8 Å². The fraction of sp³-hybridized carbons (Fsp3) is 0.312. The van der Waals surface area contributed by atoms with E-state index in [0.717, 1.165) is 32.8 Å². The van der Waals surface area contributed by atoms with Crippen molar-refractivity contribution in [3.05, 3.63) is 50.6 Å². The number of hydrogen-bond donors (Lipinski definition) is 0. The SMILES string of the molecule is COc1ccccc1CN(C(=O)c1ccc(Br)s1)C1CC1. The van der Waals surface area contributed by atoms with Crippen molar-refractivity contribution in [2.45, 2.75) is 25.4 Å². The minimum absolute atomic E-state index is 0.110. The summed E-state index contributed by atoms with van der Waals surface area (Å²) in [5.74, 6) is 0.947. The number of rotatable bonds is 5. The van der Waals surface area contributed by atoms with Gasteiger partial charge in [-0.25, -0.2) is 0 Å².